The maximum absolute atomic E-state index is 13.4. The predicted octanol–water partition coefficient (Wildman–Crippen LogP) is 9.25. The highest BCUT2D eigenvalue weighted by molar-refractivity contribution is 5.85. The molecular formula is C32H20F6N4O7. The van der Waals surface area contributed by atoms with Gasteiger partial charge in [-0.25, -0.2) is 0 Å². The van der Waals surface area contributed by atoms with Crippen LogP contribution in [-0.2, 0) is 12.4 Å². The lowest BCUT2D eigenvalue weighted by atomic mass is 9.99. The van der Waals surface area contributed by atoms with Crippen molar-refractivity contribution < 1.29 is 50.4 Å². The Hall–Kier alpha value is -6.36. The maximum Gasteiger partial charge on any atom is 0.416 e. The molecule has 0 bridgehead atoms. The highest BCUT2D eigenvalue weighted by atomic mass is 19.4. The second kappa shape index (κ2) is 13.8. The normalized spacial score (nSPS) is 12.6. The summed E-state index contributed by atoms with van der Waals surface area (Å²) in [4.78, 5) is 22.3. The van der Waals surface area contributed by atoms with Crippen LogP contribution in [0.2, 0.25) is 0 Å². The number of ether oxygens (including phenoxy) is 3. The molecule has 2 unspecified atom stereocenters. The molecule has 4 rings (SSSR count). The van der Waals surface area contributed by atoms with Crippen molar-refractivity contribution in [2.45, 2.75) is 38.4 Å². The summed E-state index contributed by atoms with van der Waals surface area (Å²) in [7, 11) is 0. The van der Waals surface area contributed by atoms with Crippen LogP contribution in [0.3, 0.4) is 0 Å². The Morgan fingerprint density at radius 1 is 0.612 bits per heavy atom. The van der Waals surface area contributed by atoms with Gasteiger partial charge in [0.25, 0.3) is 0 Å². The molecule has 0 spiro atoms. The first-order chi connectivity index (χ1) is 23.0. The number of benzene rings is 4. The van der Waals surface area contributed by atoms with Crippen molar-refractivity contribution in [2.24, 2.45) is 0 Å². The fraction of sp³-hybridized carbons (Fsp3) is 0.188. The fourth-order valence-corrected chi connectivity index (χ4v) is 4.53. The van der Waals surface area contributed by atoms with Crippen LogP contribution in [0, 0.1) is 42.9 Å². The molecule has 49 heavy (non-hydrogen) atoms. The summed E-state index contributed by atoms with van der Waals surface area (Å²) in [5.74, 6) is -1.84. The molecule has 11 nitrogen and oxygen atoms in total. The molecule has 0 fully saturated rings. The zero-order chi connectivity index (χ0) is 36.3. The van der Waals surface area contributed by atoms with E-state index in [0.29, 0.717) is 24.3 Å². The number of nitrogens with zero attached hydrogens (tertiary/aromatic N) is 4. The minimum Gasteiger partial charge on any atom is -0.468 e. The van der Waals surface area contributed by atoms with Gasteiger partial charge in [-0.2, -0.15) is 36.9 Å². The van der Waals surface area contributed by atoms with Crippen LogP contribution in [0.1, 0.15) is 25.0 Å². The summed E-state index contributed by atoms with van der Waals surface area (Å²) in [6.45, 7) is 2.49. The first kappa shape index (κ1) is 35.5. The van der Waals surface area contributed by atoms with E-state index in [2.05, 4.69) is 0 Å². The Bertz CT molecular complexity index is 1840. The van der Waals surface area contributed by atoms with Gasteiger partial charge in [-0.15, -0.1) is 0 Å². The van der Waals surface area contributed by atoms with Gasteiger partial charge in [-0.1, -0.05) is 24.3 Å². The van der Waals surface area contributed by atoms with Crippen LogP contribution < -0.4 is 14.2 Å². The van der Waals surface area contributed by atoms with E-state index < -0.39 is 68.4 Å². The maximum atomic E-state index is 13.4. The Morgan fingerprint density at radius 3 is 1.20 bits per heavy atom. The van der Waals surface area contributed by atoms with E-state index in [1.165, 1.54) is 13.8 Å². The van der Waals surface area contributed by atoms with E-state index >= 15 is 0 Å². The van der Waals surface area contributed by atoms with Gasteiger partial charge in [-0.05, 0) is 61.4 Å². The first-order valence-corrected chi connectivity index (χ1v) is 13.7. The average Bonchev–Trinajstić information content (AvgIpc) is 3.04. The summed E-state index contributed by atoms with van der Waals surface area (Å²) < 4.78 is 97.5. The number of rotatable bonds is 10. The number of nitro groups is 2. The average molecular weight is 687 g/mol. The van der Waals surface area contributed by atoms with Gasteiger partial charge in [0.05, 0.1) is 32.1 Å². The molecule has 0 aliphatic carbocycles. The molecule has 0 amide bonds. The van der Waals surface area contributed by atoms with Crippen LogP contribution in [0.4, 0.5) is 37.7 Å². The molecule has 17 heteroatoms. The number of hydrogen-bond acceptors (Lipinski definition) is 9. The number of halogens is 6. The molecule has 0 heterocycles. The summed E-state index contributed by atoms with van der Waals surface area (Å²) in [6.07, 6.45) is -12.1. The Morgan fingerprint density at radius 2 is 0.939 bits per heavy atom. The van der Waals surface area contributed by atoms with E-state index in [0.717, 1.165) is 48.5 Å². The highest BCUT2D eigenvalue weighted by Crippen LogP contribution is 2.51. The summed E-state index contributed by atoms with van der Waals surface area (Å²) >= 11 is 0. The van der Waals surface area contributed by atoms with Crippen LogP contribution in [0.5, 0.6) is 23.0 Å². The zero-order valence-corrected chi connectivity index (χ0v) is 25.0. The molecule has 252 valence electrons. The zero-order valence-electron chi connectivity index (χ0n) is 25.0. The Balaban J connectivity index is 2.06. The van der Waals surface area contributed by atoms with Gasteiger partial charge in [0.1, 0.15) is 23.6 Å². The van der Waals surface area contributed by atoms with Gasteiger partial charge in [0.2, 0.25) is 11.5 Å². The van der Waals surface area contributed by atoms with Crippen molar-refractivity contribution >= 4 is 11.4 Å². The van der Waals surface area contributed by atoms with E-state index in [-0.39, 0.29) is 33.8 Å². The van der Waals surface area contributed by atoms with E-state index in [4.69, 9.17) is 14.2 Å². The molecule has 0 saturated heterocycles. The fourth-order valence-electron chi connectivity index (χ4n) is 4.53. The molecule has 0 N–H and O–H groups in total. The summed E-state index contributed by atoms with van der Waals surface area (Å²) in [5, 5.41) is 42.8. The van der Waals surface area contributed by atoms with Gasteiger partial charge < -0.3 is 14.2 Å². The first-order valence-electron chi connectivity index (χ1n) is 13.7. The van der Waals surface area contributed by atoms with Crippen molar-refractivity contribution in [1.82, 2.24) is 0 Å². The minimum absolute atomic E-state index is 0.112. The summed E-state index contributed by atoms with van der Waals surface area (Å²) in [6, 6.07) is 14.0. The molecule has 0 aliphatic rings. The van der Waals surface area contributed by atoms with Crippen molar-refractivity contribution in [3.05, 3.63) is 104 Å². The van der Waals surface area contributed by atoms with Crippen LogP contribution in [0.15, 0.2) is 72.8 Å². The third kappa shape index (κ3) is 7.79. The van der Waals surface area contributed by atoms with Crippen molar-refractivity contribution in [3.63, 3.8) is 0 Å². The lowest BCUT2D eigenvalue weighted by molar-refractivity contribution is -0.386. The van der Waals surface area contributed by atoms with E-state index in [9.17, 15) is 57.1 Å². The van der Waals surface area contributed by atoms with Gasteiger partial charge in [0, 0.05) is 12.1 Å². The largest absolute Gasteiger partial charge is 0.468 e. The quantitative estimate of drug-likeness (QED) is 0.0899. The van der Waals surface area contributed by atoms with Crippen molar-refractivity contribution in [1.29, 1.82) is 10.5 Å². The van der Waals surface area contributed by atoms with Gasteiger partial charge in [0.15, 0.2) is 12.2 Å². The molecule has 4 aromatic carbocycles. The molecule has 0 aliphatic heterocycles. The van der Waals surface area contributed by atoms with Crippen LogP contribution >= 0.6 is 0 Å². The van der Waals surface area contributed by atoms with Crippen LogP contribution in [-0.4, -0.2) is 22.1 Å². The molecule has 0 radical (unpaired) electrons. The predicted molar refractivity (Wildman–Crippen MR) is 159 cm³/mol. The molecule has 4 aromatic rings. The monoisotopic (exact) mass is 686 g/mol. The number of hydrogen-bond donors (Lipinski definition) is 0. The van der Waals surface area contributed by atoms with E-state index in [1.807, 2.05) is 0 Å². The van der Waals surface area contributed by atoms with Crippen molar-refractivity contribution in [3.8, 4) is 57.4 Å². The van der Waals surface area contributed by atoms with Gasteiger partial charge in [-0.3, -0.25) is 20.2 Å². The smallest absolute Gasteiger partial charge is 0.416 e. The second-order valence-corrected chi connectivity index (χ2v) is 10.1. The molecule has 0 aromatic heterocycles. The summed E-state index contributed by atoms with van der Waals surface area (Å²) in [5.41, 5.74) is -4.38. The van der Waals surface area contributed by atoms with Gasteiger partial charge >= 0.3 is 23.7 Å². The standard InChI is InChI=1S/C32H20F6N4O7/c1-17(15-39)47-29-23(41(43)44)11-13-25(27(29)19-3-7-21(8-4-19)31(33,34)35)49-26-14-12-24(42(45)46)30(48-18(2)16-40)28(26)20-5-9-22(10-6-20)32(36,37)38/h3-14,17-18H,1-2H3. The minimum atomic E-state index is -4.75. The Labute approximate surface area is 272 Å². The SMILES string of the molecule is CC(C#N)Oc1c([N+](=O)[O-])ccc(Oc2ccc([N+](=O)[O-])c(OC(C)C#N)c2-c2ccc(C(F)(F)F)cc2)c1-c1ccc(C(F)(F)F)cc1. The second-order valence-electron chi connectivity index (χ2n) is 10.1. The lowest BCUT2D eigenvalue weighted by Crippen LogP contribution is -2.12. The molecule has 2 atom stereocenters. The highest BCUT2D eigenvalue weighted by Gasteiger charge is 2.34. The molecular weight excluding hydrogens is 666 g/mol. The number of nitro benzene ring substituents is 2. The van der Waals surface area contributed by atoms with E-state index in [1.54, 1.807) is 12.1 Å². The number of nitriles is 2. The Kier molecular flexibility index (Phi) is 9.98. The number of alkyl halides is 6. The van der Waals surface area contributed by atoms with Crippen LogP contribution in [0.25, 0.3) is 22.3 Å². The lowest BCUT2D eigenvalue weighted by Gasteiger charge is -2.21. The molecule has 0 saturated carbocycles. The topological polar surface area (TPSA) is 162 Å². The third-order valence-electron chi connectivity index (χ3n) is 6.77. The third-order valence-corrected chi connectivity index (χ3v) is 6.77. The van der Waals surface area contributed by atoms with Crippen molar-refractivity contribution in [2.75, 3.05) is 0 Å².